The van der Waals surface area contributed by atoms with Crippen LogP contribution in [-0.2, 0) is 11.2 Å². The van der Waals surface area contributed by atoms with Crippen LogP contribution in [0.5, 0.6) is 0 Å². The smallest absolute Gasteiger partial charge is 0.326 e. The summed E-state index contributed by atoms with van der Waals surface area (Å²) in [7, 11) is 1.66. The van der Waals surface area contributed by atoms with Gasteiger partial charge >= 0.3 is 6.03 Å². The molecule has 1 rings (SSSR count). The van der Waals surface area contributed by atoms with Gasteiger partial charge in [-0.3, -0.25) is 10.2 Å². The van der Waals surface area contributed by atoms with Gasteiger partial charge in [-0.2, -0.15) is 0 Å². The summed E-state index contributed by atoms with van der Waals surface area (Å²) in [6.07, 6.45) is 0.756. The highest BCUT2D eigenvalue weighted by Gasteiger charge is 2.11. The van der Waals surface area contributed by atoms with Crippen molar-refractivity contribution in [2.75, 3.05) is 13.6 Å². The van der Waals surface area contributed by atoms with Crippen molar-refractivity contribution >= 4 is 11.9 Å². The molecule has 0 saturated carbocycles. The van der Waals surface area contributed by atoms with E-state index in [0.29, 0.717) is 6.54 Å². The minimum absolute atomic E-state index is 0.370. The Labute approximate surface area is 112 Å². The standard InChI is InChI=1S/C13H20N4O2/c1-10(14)12(18)15-16-13(19)17(2)9-8-11-6-4-3-5-7-11/h3-7,10H,8-9,14H2,1-2H3,(H,15,18)(H,16,19)/t10-/m1/s1. The number of carbonyl (C=O) groups is 2. The van der Waals surface area contributed by atoms with Gasteiger partial charge < -0.3 is 10.6 Å². The molecule has 0 heterocycles. The van der Waals surface area contributed by atoms with E-state index in [4.69, 9.17) is 5.73 Å². The summed E-state index contributed by atoms with van der Waals surface area (Å²) in [5, 5.41) is 0. The van der Waals surface area contributed by atoms with E-state index >= 15 is 0 Å². The van der Waals surface area contributed by atoms with Crippen LogP contribution in [0.25, 0.3) is 0 Å². The van der Waals surface area contributed by atoms with Crippen LogP contribution >= 0.6 is 0 Å². The minimum Gasteiger partial charge on any atom is -0.326 e. The second-order valence-corrected chi connectivity index (χ2v) is 4.37. The first-order valence-corrected chi connectivity index (χ1v) is 6.11. The van der Waals surface area contributed by atoms with Gasteiger partial charge in [-0.1, -0.05) is 30.3 Å². The molecule has 4 N–H and O–H groups in total. The first-order valence-electron chi connectivity index (χ1n) is 6.11. The monoisotopic (exact) mass is 264 g/mol. The highest BCUT2D eigenvalue weighted by molar-refractivity contribution is 5.84. The van der Waals surface area contributed by atoms with Gasteiger partial charge in [0, 0.05) is 13.6 Å². The zero-order chi connectivity index (χ0) is 14.3. The number of benzene rings is 1. The van der Waals surface area contributed by atoms with Crippen molar-refractivity contribution in [2.45, 2.75) is 19.4 Å². The van der Waals surface area contributed by atoms with Gasteiger partial charge in [0.05, 0.1) is 6.04 Å². The Morgan fingerprint density at radius 1 is 1.26 bits per heavy atom. The van der Waals surface area contributed by atoms with Crippen molar-refractivity contribution in [3.05, 3.63) is 35.9 Å². The summed E-state index contributed by atoms with van der Waals surface area (Å²) in [6, 6.07) is 8.84. The Morgan fingerprint density at radius 3 is 2.47 bits per heavy atom. The van der Waals surface area contributed by atoms with Crippen molar-refractivity contribution in [2.24, 2.45) is 5.73 Å². The molecule has 0 aliphatic carbocycles. The van der Waals surface area contributed by atoms with Crippen LogP contribution < -0.4 is 16.6 Å². The molecule has 1 aromatic rings. The number of nitrogens with zero attached hydrogens (tertiary/aromatic N) is 1. The van der Waals surface area contributed by atoms with Gasteiger partial charge in [0.15, 0.2) is 0 Å². The van der Waals surface area contributed by atoms with Crippen LogP contribution in [-0.4, -0.2) is 36.5 Å². The van der Waals surface area contributed by atoms with Crippen LogP contribution in [0, 0.1) is 0 Å². The van der Waals surface area contributed by atoms with Gasteiger partial charge in [0.1, 0.15) is 0 Å². The Bertz CT molecular complexity index is 420. The molecular formula is C13H20N4O2. The molecule has 0 spiro atoms. The number of hydrogen-bond donors (Lipinski definition) is 3. The predicted molar refractivity (Wildman–Crippen MR) is 73.1 cm³/mol. The van der Waals surface area contributed by atoms with E-state index in [2.05, 4.69) is 10.9 Å². The molecule has 0 saturated heterocycles. The van der Waals surface area contributed by atoms with E-state index in [-0.39, 0.29) is 6.03 Å². The molecular weight excluding hydrogens is 244 g/mol. The third-order valence-electron chi connectivity index (χ3n) is 2.63. The number of amides is 3. The molecule has 0 bridgehead atoms. The molecule has 0 aliphatic rings. The van der Waals surface area contributed by atoms with Gasteiger partial charge in [-0.05, 0) is 18.9 Å². The predicted octanol–water partition coefficient (Wildman–Crippen LogP) is 0.249. The second-order valence-electron chi connectivity index (χ2n) is 4.37. The summed E-state index contributed by atoms with van der Waals surface area (Å²) in [5.74, 6) is -0.426. The summed E-state index contributed by atoms with van der Waals surface area (Å²) < 4.78 is 0. The van der Waals surface area contributed by atoms with E-state index < -0.39 is 11.9 Å². The van der Waals surface area contributed by atoms with Gasteiger partial charge in [0.2, 0.25) is 0 Å². The summed E-state index contributed by atoms with van der Waals surface area (Å²) >= 11 is 0. The van der Waals surface area contributed by atoms with Crippen LogP contribution in [0.3, 0.4) is 0 Å². The fourth-order valence-corrected chi connectivity index (χ4v) is 1.37. The lowest BCUT2D eigenvalue weighted by atomic mass is 10.1. The largest absolute Gasteiger partial charge is 0.335 e. The SMILES string of the molecule is C[C@@H](N)C(=O)NNC(=O)N(C)CCc1ccccc1. The van der Waals surface area contributed by atoms with Crippen LogP contribution in [0.1, 0.15) is 12.5 Å². The summed E-state index contributed by atoms with van der Waals surface area (Å²) in [5.41, 5.74) is 11.1. The van der Waals surface area contributed by atoms with Crippen molar-refractivity contribution in [3.8, 4) is 0 Å². The molecule has 0 radical (unpaired) electrons. The zero-order valence-corrected chi connectivity index (χ0v) is 11.2. The van der Waals surface area contributed by atoms with E-state index in [0.717, 1.165) is 12.0 Å². The molecule has 19 heavy (non-hydrogen) atoms. The van der Waals surface area contributed by atoms with Crippen molar-refractivity contribution in [1.29, 1.82) is 0 Å². The second kappa shape index (κ2) is 7.38. The number of likely N-dealkylation sites (N-methyl/N-ethyl adjacent to an activating group) is 1. The average molecular weight is 264 g/mol. The maximum atomic E-state index is 11.7. The maximum absolute atomic E-state index is 11.7. The van der Waals surface area contributed by atoms with E-state index in [1.165, 1.54) is 4.90 Å². The highest BCUT2D eigenvalue weighted by Crippen LogP contribution is 2.00. The van der Waals surface area contributed by atoms with Gasteiger partial charge in [-0.25, -0.2) is 10.2 Å². The molecule has 0 aliphatic heterocycles. The van der Waals surface area contributed by atoms with Gasteiger partial charge in [-0.15, -0.1) is 0 Å². The van der Waals surface area contributed by atoms with E-state index in [1.54, 1.807) is 14.0 Å². The number of nitrogens with two attached hydrogens (primary N) is 1. The Balaban J connectivity index is 2.31. The third kappa shape index (κ3) is 5.39. The Kier molecular flexibility index (Phi) is 5.81. The van der Waals surface area contributed by atoms with E-state index in [9.17, 15) is 9.59 Å². The average Bonchev–Trinajstić information content (AvgIpc) is 2.42. The molecule has 1 aromatic carbocycles. The fraction of sp³-hybridized carbons (Fsp3) is 0.385. The van der Waals surface area contributed by atoms with Crippen LogP contribution in [0.4, 0.5) is 4.79 Å². The zero-order valence-electron chi connectivity index (χ0n) is 11.2. The first kappa shape index (κ1) is 15.0. The number of urea groups is 1. The number of carbonyl (C=O) groups excluding carboxylic acids is 2. The molecule has 6 nitrogen and oxygen atoms in total. The number of hydrazine groups is 1. The molecule has 1 atom stereocenters. The summed E-state index contributed by atoms with van der Waals surface area (Å²) in [4.78, 5) is 24.3. The molecule has 0 unspecified atom stereocenters. The number of hydrogen-bond acceptors (Lipinski definition) is 3. The molecule has 0 aromatic heterocycles. The topological polar surface area (TPSA) is 87.5 Å². The normalized spacial score (nSPS) is 11.5. The quantitative estimate of drug-likeness (QED) is 0.681. The first-order chi connectivity index (χ1) is 9.00. The van der Waals surface area contributed by atoms with Crippen LogP contribution in [0.15, 0.2) is 30.3 Å². The van der Waals surface area contributed by atoms with Crippen molar-refractivity contribution in [1.82, 2.24) is 15.8 Å². The molecule has 0 fully saturated rings. The van der Waals surface area contributed by atoms with E-state index in [1.807, 2.05) is 30.3 Å². The lowest BCUT2D eigenvalue weighted by Crippen LogP contribution is -2.51. The number of nitrogens with one attached hydrogen (secondary N) is 2. The Hall–Kier alpha value is -2.08. The number of rotatable bonds is 4. The maximum Gasteiger partial charge on any atom is 0.335 e. The van der Waals surface area contributed by atoms with Crippen LogP contribution in [0.2, 0.25) is 0 Å². The molecule has 104 valence electrons. The fourth-order valence-electron chi connectivity index (χ4n) is 1.37. The Morgan fingerprint density at radius 2 is 1.89 bits per heavy atom. The summed E-state index contributed by atoms with van der Waals surface area (Å²) in [6.45, 7) is 2.10. The lowest BCUT2D eigenvalue weighted by molar-refractivity contribution is -0.122. The highest BCUT2D eigenvalue weighted by atomic mass is 16.2. The minimum atomic E-state index is -0.657. The molecule has 3 amide bonds. The van der Waals surface area contributed by atoms with Gasteiger partial charge in [0.25, 0.3) is 5.91 Å². The lowest BCUT2D eigenvalue weighted by Gasteiger charge is -2.18. The third-order valence-corrected chi connectivity index (χ3v) is 2.63. The van der Waals surface area contributed by atoms with Crippen molar-refractivity contribution < 1.29 is 9.59 Å². The molecule has 6 heteroatoms. The van der Waals surface area contributed by atoms with Crippen molar-refractivity contribution in [3.63, 3.8) is 0 Å².